The number of carbonyl (C=O) groups excluding carboxylic acids is 2. The molecule has 0 bridgehead atoms. The number of furan rings is 1. The van der Waals surface area contributed by atoms with Crippen molar-refractivity contribution in [2.45, 2.75) is 24.2 Å². The third-order valence-electron chi connectivity index (χ3n) is 4.77. The van der Waals surface area contributed by atoms with Crippen LogP contribution < -0.4 is 5.84 Å². The van der Waals surface area contributed by atoms with Crippen LogP contribution in [0.25, 0.3) is 11.6 Å². The molecule has 1 aliphatic rings. The molecule has 10 heteroatoms. The van der Waals surface area contributed by atoms with Crippen LogP contribution in [0.1, 0.15) is 11.1 Å². The number of amides is 1. The van der Waals surface area contributed by atoms with Gasteiger partial charge in [0.05, 0.1) is 19.1 Å². The number of nitrogens with zero attached hydrogens (tertiary/aromatic N) is 4. The van der Waals surface area contributed by atoms with E-state index >= 15 is 0 Å². The van der Waals surface area contributed by atoms with E-state index in [9.17, 15) is 9.59 Å². The van der Waals surface area contributed by atoms with Crippen LogP contribution in [0.15, 0.2) is 52.2 Å². The topological polar surface area (TPSA) is 116 Å². The molecule has 0 unspecified atom stereocenters. The van der Waals surface area contributed by atoms with E-state index in [1.165, 1.54) is 18.0 Å². The molecule has 0 radical (unpaired) electrons. The number of nitrogen functional groups attached to an aromatic ring is 1. The average Bonchev–Trinajstić information content (AvgIpc) is 3.40. The molecule has 0 saturated heterocycles. The van der Waals surface area contributed by atoms with Crippen LogP contribution in [0, 0.1) is 0 Å². The zero-order valence-corrected chi connectivity index (χ0v) is 16.5. The van der Waals surface area contributed by atoms with Gasteiger partial charge >= 0.3 is 5.97 Å². The van der Waals surface area contributed by atoms with Crippen molar-refractivity contribution in [3.8, 4) is 11.6 Å². The maximum atomic E-state index is 12.9. The maximum absolute atomic E-state index is 12.9. The van der Waals surface area contributed by atoms with Crippen molar-refractivity contribution in [2.24, 2.45) is 0 Å². The van der Waals surface area contributed by atoms with Gasteiger partial charge in [-0.1, -0.05) is 36.0 Å². The molecule has 1 aromatic carbocycles. The zero-order chi connectivity index (χ0) is 20.4. The van der Waals surface area contributed by atoms with Crippen LogP contribution in [-0.4, -0.2) is 50.6 Å². The van der Waals surface area contributed by atoms with Crippen molar-refractivity contribution in [1.29, 1.82) is 0 Å². The molecule has 9 nitrogen and oxygen atoms in total. The van der Waals surface area contributed by atoms with Crippen molar-refractivity contribution < 1.29 is 18.7 Å². The standard InChI is InChI=1S/C19H19N5O4S/c1-27-18(26)14-9-12-5-2-3-6-13(12)10-23(14)16(25)11-29-19-22-21-17(24(19)20)15-7-4-8-28-15/h2-8,14H,9-11,20H2,1H3/t14-/m1/s1. The number of ether oxygens (including phenoxy) is 1. The lowest BCUT2D eigenvalue weighted by atomic mass is 9.94. The minimum Gasteiger partial charge on any atom is -0.467 e. The predicted octanol–water partition coefficient (Wildman–Crippen LogP) is 1.47. The van der Waals surface area contributed by atoms with Gasteiger partial charge in [-0.25, -0.2) is 9.47 Å². The number of hydrogen-bond donors (Lipinski definition) is 1. The van der Waals surface area contributed by atoms with Gasteiger partial charge in [-0.3, -0.25) is 4.79 Å². The normalized spacial score (nSPS) is 15.8. The molecule has 1 aliphatic heterocycles. The van der Waals surface area contributed by atoms with Gasteiger partial charge in [-0.15, -0.1) is 10.2 Å². The fourth-order valence-electron chi connectivity index (χ4n) is 3.29. The van der Waals surface area contributed by atoms with Crippen molar-refractivity contribution in [3.63, 3.8) is 0 Å². The molecule has 29 heavy (non-hydrogen) atoms. The number of rotatable bonds is 5. The summed E-state index contributed by atoms with van der Waals surface area (Å²) in [6, 6.07) is 10.6. The molecule has 0 saturated carbocycles. The van der Waals surface area contributed by atoms with Gasteiger partial charge in [0.1, 0.15) is 6.04 Å². The number of hydrogen-bond acceptors (Lipinski definition) is 8. The van der Waals surface area contributed by atoms with Crippen LogP contribution in [0.4, 0.5) is 0 Å². The Bertz CT molecular complexity index is 1030. The summed E-state index contributed by atoms with van der Waals surface area (Å²) in [6.45, 7) is 0.349. The van der Waals surface area contributed by atoms with E-state index in [2.05, 4.69) is 10.2 Å². The molecule has 2 N–H and O–H groups in total. The van der Waals surface area contributed by atoms with Gasteiger partial charge in [-0.2, -0.15) is 0 Å². The van der Waals surface area contributed by atoms with E-state index < -0.39 is 12.0 Å². The molecule has 4 rings (SSSR count). The second kappa shape index (κ2) is 8.00. The first-order valence-electron chi connectivity index (χ1n) is 8.89. The number of nitrogens with two attached hydrogens (primary N) is 1. The van der Waals surface area contributed by atoms with Crippen LogP contribution in [0.5, 0.6) is 0 Å². The number of carbonyl (C=O) groups is 2. The third kappa shape index (κ3) is 3.70. The Morgan fingerprint density at radius 3 is 2.76 bits per heavy atom. The average molecular weight is 413 g/mol. The molecule has 3 aromatic rings. The predicted molar refractivity (Wildman–Crippen MR) is 105 cm³/mol. The second-order valence-electron chi connectivity index (χ2n) is 6.48. The Morgan fingerprint density at radius 2 is 2.03 bits per heavy atom. The summed E-state index contributed by atoms with van der Waals surface area (Å²) < 4.78 is 11.5. The van der Waals surface area contributed by atoms with E-state index in [-0.39, 0.29) is 11.7 Å². The van der Waals surface area contributed by atoms with Gasteiger partial charge in [0.25, 0.3) is 0 Å². The number of aromatic nitrogens is 3. The fraction of sp³-hybridized carbons (Fsp3) is 0.263. The van der Waals surface area contributed by atoms with Gasteiger partial charge in [0, 0.05) is 13.0 Å². The highest BCUT2D eigenvalue weighted by atomic mass is 32.2. The quantitative estimate of drug-likeness (QED) is 0.380. The van der Waals surface area contributed by atoms with Crippen molar-refractivity contribution in [3.05, 3.63) is 53.8 Å². The summed E-state index contributed by atoms with van der Waals surface area (Å²) in [5, 5.41) is 8.40. The number of esters is 1. The summed E-state index contributed by atoms with van der Waals surface area (Å²) in [6.07, 6.45) is 1.94. The molecule has 3 heterocycles. The van der Waals surface area contributed by atoms with Crippen LogP contribution in [0.2, 0.25) is 0 Å². The molecule has 0 aliphatic carbocycles. The highest BCUT2D eigenvalue weighted by Crippen LogP contribution is 2.26. The molecule has 150 valence electrons. The number of methoxy groups -OCH3 is 1. The first kappa shape index (κ1) is 19.1. The van der Waals surface area contributed by atoms with E-state index in [0.717, 1.165) is 22.9 Å². The van der Waals surface area contributed by atoms with Gasteiger partial charge in [0.2, 0.25) is 16.9 Å². The lowest BCUT2D eigenvalue weighted by Crippen LogP contribution is -2.49. The molecule has 0 fully saturated rings. The van der Waals surface area contributed by atoms with E-state index in [1.54, 1.807) is 17.0 Å². The Kier molecular flexibility index (Phi) is 5.26. The fourth-order valence-corrected chi connectivity index (χ4v) is 4.03. The van der Waals surface area contributed by atoms with Crippen molar-refractivity contribution in [2.75, 3.05) is 18.7 Å². The summed E-state index contributed by atoms with van der Waals surface area (Å²) in [5.74, 6) is 6.30. The van der Waals surface area contributed by atoms with Crippen molar-refractivity contribution in [1.82, 2.24) is 19.8 Å². The Hall–Kier alpha value is -3.27. The van der Waals surface area contributed by atoms with Gasteiger partial charge in [0.15, 0.2) is 5.76 Å². The minimum absolute atomic E-state index is 0.0587. The Balaban J connectivity index is 1.49. The summed E-state index contributed by atoms with van der Waals surface area (Å²) in [5.41, 5.74) is 2.07. The van der Waals surface area contributed by atoms with E-state index in [0.29, 0.717) is 29.7 Å². The van der Waals surface area contributed by atoms with Crippen LogP contribution in [0.3, 0.4) is 0 Å². The van der Waals surface area contributed by atoms with Gasteiger partial charge in [-0.05, 0) is 23.3 Å². The molecular formula is C19H19N5O4S. The SMILES string of the molecule is COC(=O)[C@H]1Cc2ccccc2CN1C(=O)CSc1nnc(-c2ccco2)n1N. The monoisotopic (exact) mass is 413 g/mol. The minimum atomic E-state index is -0.655. The summed E-state index contributed by atoms with van der Waals surface area (Å²) in [4.78, 5) is 26.8. The first-order valence-corrected chi connectivity index (χ1v) is 9.88. The third-order valence-corrected chi connectivity index (χ3v) is 5.70. The number of thioether (sulfide) groups is 1. The highest BCUT2D eigenvalue weighted by molar-refractivity contribution is 7.99. The molecule has 2 aromatic heterocycles. The van der Waals surface area contributed by atoms with Crippen molar-refractivity contribution >= 4 is 23.6 Å². The summed E-state index contributed by atoms with van der Waals surface area (Å²) >= 11 is 1.15. The largest absolute Gasteiger partial charge is 0.467 e. The van der Waals surface area contributed by atoms with E-state index in [4.69, 9.17) is 15.0 Å². The lowest BCUT2D eigenvalue weighted by molar-refractivity contribution is -0.153. The molecular weight excluding hydrogens is 394 g/mol. The Morgan fingerprint density at radius 1 is 1.24 bits per heavy atom. The Labute approximate surface area is 170 Å². The molecule has 0 spiro atoms. The lowest BCUT2D eigenvalue weighted by Gasteiger charge is -2.35. The summed E-state index contributed by atoms with van der Waals surface area (Å²) in [7, 11) is 1.33. The van der Waals surface area contributed by atoms with E-state index in [1.807, 2.05) is 24.3 Å². The zero-order valence-electron chi connectivity index (χ0n) is 15.6. The van der Waals surface area contributed by atoms with Crippen LogP contribution in [-0.2, 0) is 27.3 Å². The number of benzene rings is 1. The maximum Gasteiger partial charge on any atom is 0.328 e. The molecule has 1 amide bonds. The van der Waals surface area contributed by atoms with Crippen LogP contribution >= 0.6 is 11.8 Å². The number of fused-ring (bicyclic) bond motifs is 1. The molecule has 1 atom stereocenters. The smallest absolute Gasteiger partial charge is 0.328 e. The van der Waals surface area contributed by atoms with Gasteiger partial charge < -0.3 is 19.9 Å². The first-order chi connectivity index (χ1) is 14.1. The second-order valence-corrected chi connectivity index (χ2v) is 7.42. The highest BCUT2D eigenvalue weighted by Gasteiger charge is 2.35.